The zero-order valence-corrected chi connectivity index (χ0v) is 18.7. The molecule has 3 N–H and O–H groups in total. The molecule has 0 amide bonds. The Hall–Kier alpha value is -3.06. The second-order valence-electron chi connectivity index (χ2n) is 7.26. The molecule has 31 heavy (non-hydrogen) atoms. The van der Waals surface area contributed by atoms with Gasteiger partial charge in [0, 0.05) is 22.7 Å². The van der Waals surface area contributed by atoms with Crippen molar-refractivity contribution in [3.8, 4) is 11.5 Å². The van der Waals surface area contributed by atoms with Crippen molar-refractivity contribution in [2.45, 2.75) is 39.2 Å². The molecule has 7 heteroatoms. The molecular weight excluding hydrogens is 408 g/mol. The normalized spacial score (nSPS) is 11.1. The maximum atomic E-state index is 5.94. The third kappa shape index (κ3) is 7.00. The monoisotopic (exact) mass is 438 g/mol. The van der Waals surface area contributed by atoms with Crippen molar-refractivity contribution in [2.24, 2.45) is 10.8 Å². The number of nitrogens with two attached hydrogens (primary N) is 1. The predicted octanol–water partition coefficient (Wildman–Crippen LogP) is 4.85. The van der Waals surface area contributed by atoms with E-state index >= 15 is 0 Å². The van der Waals surface area contributed by atoms with E-state index in [2.05, 4.69) is 34.2 Å². The highest BCUT2D eigenvalue weighted by Gasteiger charge is 2.07. The molecule has 164 valence electrons. The summed E-state index contributed by atoms with van der Waals surface area (Å²) in [7, 11) is 0. The molecule has 1 aromatic heterocycles. The van der Waals surface area contributed by atoms with Crippen molar-refractivity contribution >= 4 is 34.4 Å². The number of aromatic nitrogens is 1. The van der Waals surface area contributed by atoms with E-state index in [1.807, 2.05) is 42.6 Å². The van der Waals surface area contributed by atoms with Gasteiger partial charge < -0.3 is 19.8 Å². The number of thiocarbonyl (C=S) groups is 1. The lowest BCUT2D eigenvalue weighted by Gasteiger charge is -2.10. The highest BCUT2D eigenvalue weighted by atomic mass is 32.1. The average molecular weight is 439 g/mol. The van der Waals surface area contributed by atoms with Crippen LogP contribution in [0.5, 0.6) is 11.5 Å². The van der Waals surface area contributed by atoms with E-state index in [0.29, 0.717) is 13.2 Å². The molecule has 0 fully saturated rings. The molecule has 1 heterocycles. The van der Waals surface area contributed by atoms with Crippen molar-refractivity contribution < 1.29 is 9.47 Å². The number of benzene rings is 2. The summed E-state index contributed by atoms with van der Waals surface area (Å²) in [5, 5.41) is 5.33. The molecule has 0 spiro atoms. The minimum atomic E-state index is 0.140. The van der Waals surface area contributed by atoms with Gasteiger partial charge in [0.15, 0.2) is 5.11 Å². The Bertz CT molecular complexity index is 998. The molecule has 0 saturated heterocycles. The van der Waals surface area contributed by atoms with E-state index < -0.39 is 0 Å². The highest BCUT2D eigenvalue weighted by Crippen LogP contribution is 2.21. The van der Waals surface area contributed by atoms with Gasteiger partial charge in [0.1, 0.15) is 18.1 Å². The van der Waals surface area contributed by atoms with Gasteiger partial charge in [-0.3, -0.25) is 5.43 Å². The molecule has 0 saturated carbocycles. The second kappa shape index (κ2) is 12.0. The number of unbranched alkanes of at least 4 members (excludes halogenated alkanes) is 3. The maximum Gasteiger partial charge on any atom is 0.184 e. The Morgan fingerprint density at radius 1 is 1.03 bits per heavy atom. The van der Waals surface area contributed by atoms with Crippen LogP contribution in [0.2, 0.25) is 0 Å². The van der Waals surface area contributed by atoms with Crippen molar-refractivity contribution in [1.82, 2.24) is 9.99 Å². The van der Waals surface area contributed by atoms with Crippen molar-refractivity contribution in [3.63, 3.8) is 0 Å². The molecule has 0 aliphatic carbocycles. The summed E-state index contributed by atoms with van der Waals surface area (Å²) < 4.78 is 13.9. The fourth-order valence-electron chi connectivity index (χ4n) is 3.34. The maximum absolute atomic E-state index is 5.94. The van der Waals surface area contributed by atoms with Crippen molar-refractivity contribution in [2.75, 3.05) is 13.2 Å². The number of hydrogen-bond donors (Lipinski definition) is 2. The quantitative estimate of drug-likeness (QED) is 0.183. The molecule has 3 aromatic rings. The zero-order chi connectivity index (χ0) is 21.9. The molecule has 0 aliphatic rings. The van der Waals surface area contributed by atoms with Crippen LogP contribution in [0.15, 0.2) is 59.8 Å². The van der Waals surface area contributed by atoms with Gasteiger partial charge in [-0.1, -0.05) is 44.4 Å². The summed E-state index contributed by atoms with van der Waals surface area (Å²) in [6.07, 6.45) is 8.59. The average Bonchev–Trinajstić information content (AvgIpc) is 3.12. The molecule has 3 rings (SSSR count). The van der Waals surface area contributed by atoms with Crippen LogP contribution in [-0.2, 0) is 6.54 Å². The summed E-state index contributed by atoms with van der Waals surface area (Å²) in [5.74, 6) is 1.71. The van der Waals surface area contributed by atoms with Crippen LogP contribution in [0, 0.1) is 0 Å². The van der Waals surface area contributed by atoms with E-state index in [1.165, 1.54) is 19.3 Å². The van der Waals surface area contributed by atoms with E-state index in [0.717, 1.165) is 41.0 Å². The number of para-hydroxylation sites is 1. The molecule has 2 aromatic carbocycles. The van der Waals surface area contributed by atoms with Gasteiger partial charge in [0.05, 0.1) is 19.4 Å². The van der Waals surface area contributed by atoms with E-state index in [-0.39, 0.29) is 5.11 Å². The van der Waals surface area contributed by atoms with Crippen LogP contribution in [0.25, 0.3) is 10.9 Å². The van der Waals surface area contributed by atoms with E-state index in [4.69, 9.17) is 27.4 Å². The number of nitrogens with zero attached hydrogens (tertiary/aromatic N) is 2. The van der Waals surface area contributed by atoms with Crippen LogP contribution in [0.4, 0.5) is 0 Å². The summed E-state index contributed by atoms with van der Waals surface area (Å²) >= 11 is 4.78. The molecule has 0 aliphatic heterocycles. The zero-order valence-electron chi connectivity index (χ0n) is 17.9. The lowest BCUT2D eigenvalue weighted by molar-refractivity contribution is 0.294. The molecule has 0 bridgehead atoms. The van der Waals surface area contributed by atoms with Crippen molar-refractivity contribution in [3.05, 3.63) is 60.3 Å². The van der Waals surface area contributed by atoms with Gasteiger partial charge in [0.2, 0.25) is 0 Å². The first-order valence-corrected chi connectivity index (χ1v) is 11.1. The molecule has 6 nitrogen and oxygen atoms in total. The van der Waals surface area contributed by atoms with Crippen LogP contribution in [-0.4, -0.2) is 29.1 Å². The Balaban J connectivity index is 1.53. The first-order valence-electron chi connectivity index (χ1n) is 10.7. The summed E-state index contributed by atoms with van der Waals surface area (Å²) in [5.41, 5.74) is 10.1. The summed E-state index contributed by atoms with van der Waals surface area (Å²) in [4.78, 5) is 0. The van der Waals surface area contributed by atoms with Gasteiger partial charge in [0.25, 0.3) is 0 Å². The predicted molar refractivity (Wildman–Crippen MR) is 131 cm³/mol. The number of nitrogens with one attached hydrogen (secondary N) is 1. The smallest absolute Gasteiger partial charge is 0.184 e. The number of fused-ring (bicyclic) bond motifs is 1. The van der Waals surface area contributed by atoms with Gasteiger partial charge >= 0.3 is 0 Å². The van der Waals surface area contributed by atoms with E-state index in [1.54, 1.807) is 6.21 Å². The van der Waals surface area contributed by atoms with Crippen LogP contribution in [0.1, 0.15) is 38.2 Å². The van der Waals surface area contributed by atoms with Crippen LogP contribution in [0.3, 0.4) is 0 Å². The Kier molecular flexibility index (Phi) is 8.72. The fraction of sp³-hybridized carbons (Fsp3) is 0.333. The number of rotatable bonds is 12. The Morgan fingerprint density at radius 3 is 2.45 bits per heavy atom. The third-order valence-corrected chi connectivity index (χ3v) is 4.98. The van der Waals surface area contributed by atoms with Crippen LogP contribution >= 0.6 is 12.2 Å². The Morgan fingerprint density at radius 2 is 1.74 bits per heavy atom. The second-order valence-corrected chi connectivity index (χ2v) is 7.70. The van der Waals surface area contributed by atoms with Gasteiger partial charge in [-0.25, -0.2) is 0 Å². The lowest BCUT2D eigenvalue weighted by Crippen LogP contribution is -2.23. The van der Waals surface area contributed by atoms with Gasteiger partial charge in [-0.15, -0.1) is 0 Å². The van der Waals surface area contributed by atoms with Gasteiger partial charge in [-0.2, -0.15) is 5.10 Å². The summed E-state index contributed by atoms with van der Waals surface area (Å²) in [6, 6.07) is 16.0. The van der Waals surface area contributed by atoms with Crippen LogP contribution < -0.4 is 20.6 Å². The van der Waals surface area contributed by atoms with E-state index in [9.17, 15) is 0 Å². The van der Waals surface area contributed by atoms with Crippen molar-refractivity contribution in [1.29, 1.82) is 0 Å². The number of hydrazone groups is 1. The molecule has 0 radical (unpaired) electrons. The number of hydrogen-bond acceptors (Lipinski definition) is 4. The largest absolute Gasteiger partial charge is 0.494 e. The lowest BCUT2D eigenvalue weighted by atomic mass is 10.2. The molecular formula is C24H30N4O2S. The topological polar surface area (TPSA) is 73.8 Å². The first kappa shape index (κ1) is 22.6. The minimum absolute atomic E-state index is 0.140. The third-order valence-electron chi connectivity index (χ3n) is 4.89. The summed E-state index contributed by atoms with van der Waals surface area (Å²) in [6.45, 7) is 4.24. The first-order chi connectivity index (χ1) is 15.2. The van der Waals surface area contributed by atoms with Gasteiger partial charge in [-0.05, 0) is 49.0 Å². The molecule has 0 atom stereocenters. The molecule has 0 unspecified atom stereocenters. The highest BCUT2D eigenvalue weighted by molar-refractivity contribution is 7.80. The SMILES string of the molecule is CCCCCCOc1ccc(OCCn2cc(/C=N/NC(N)=S)c3ccccc32)cc1. The minimum Gasteiger partial charge on any atom is -0.494 e. The fourth-order valence-corrected chi connectivity index (χ4v) is 3.39. The Labute approximate surface area is 189 Å². The standard InChI is InChI=1S/C24H30N4O2S/c1-2-3-4-7-15-29-20-10-12-21(13-11-20)30-16-14-28-18-19(17-26-27-24(25)31)22-8-5-6-9-23(22)28/h5-6,8-13,17-18H,2-4,7,14-16H2,1H3,(H3,25,27,31)/b26-17+. The number of ether oxygens (including phenoxy) is 2.